The second kappa shape index (κ2) is 6.42. The van der Waals surface area contributed by atoms with Crippen molar-refractivity contribution < 1.29 is 14.0 Å². The Morgan fingerprint density at radius 1 is 1.39 bits per heavy atom. The number of carbonyl (C=O) groups is 2. The molecule has 2 aromatic rings. The van der Waals surface area contributed by atoms with E-state index in [9.17, 15) is 9.59 Å². The van der Waals surface area contributed by atoms with Crippen LogP contribution in [0.1, 0.15) is 25.0 Å². The standard InChI is InChI=1S/C17H21N3O3/c1-11-8-12-9-13(5-6-15(12)23-11)19-16(21)10-20-7-3-2-4-14(18)17(20)22/h5-6,8-9,14H,2-4,7,10,18H2,1H3,(H,19,21)/t14-/m0/s1. The molecule has 122 valence electrons. The highest BCUT2D eigenvalue weighted by atomic mass is 16.3. The molecule has 2 amide bonds. The highest BCUT2D eigenvalue weighted by Crippen LogP contribution is 2.22. The fraction of sp³-hybridized carbons (Fsp3) is 0.412. The molecule has 0 saturated carbocycles. The number of furan rings is 1. The molecule has 2 heterocycles. The minimum atomic E-state index is -0.490. The van der Waals surface area contributed by atoms with Gasteiger partial charge in [0.1, 0.15) is 11.3 Å². The van der Waals surface area contributed by atoms with Crippen molar-refractivity contribution in [1.82, 2.24) is 4.90 Å². The zero-order valence-corrected chi connectivity index (χ0v) is 13.2. The second-order valence-corrected chi connectivity index (χ2v) is 6.02. The lowest BCUT2D eigenvalue weighted by Gasteiger charge is -2.22. The van der Waals surface area contributed by atoms with Crippen molar-refractivity contribution in [3.05, 3.63) is 30.0 Å². The van der Waals surface area contributed by atoms with E-state index in [2.05, 4.69) is 5.32 Å². The molecule has 1 atom stereocenters. The van der Waals surface area contributed by atoms with Gasteiger partial charge in [-0.1, -0.05) is 0 Å². The summed E-state index contributed by atoms with van der Waals surface area (Å²) in [5.41, 5.74) is 7.30. The van der Waals surface area contributed by atoms with Crippen LogP contribution in [0.4, 0.5) is 5.69 Å². The molecular formula is C17H21N3O3. The molecule has 0 spiro atoms. The summed E-state index contributed by atoms with van der Waals surface area (Å²) in [5, 5.41) is 3.77. The third kappa shape index (κ3) is 3.53. The molecule has 1 fully saturated rings. The number of fused-ring (bicyclic) bond motifs is 1. The summed E-state index contributed by atoms with van der Waals surface area (Å²) < 4.78 is 5.51. The van der Waals surface area contributed by atoms with Crippen LogP contribution < -0.4 is 11.1 Å². The van der Waals surface area contributed by atoms with E-state index < -0.39 is 6.04 Å². The smallest absolute Gasteiger partial charge is 0.243 e. The Balaban J connectivity index is 1.66. The molecule has 0 radical (unpaired) electrons. The number of aryl methyl sites for hydroxylation is 1. The number of hydrogen-bond donors (Lipinski definition) is 2. The first kappa shape index (κ1) is 15.6. The first-order valence-corrected chi connectivity index (χ1v) is 7.87. The van der Waals surface area contributed by atoms with E-state index in [-0.39, 0.29) is 18.4 Å². The van der Waals surface area contributed by atoms with Crippen molar-refractivity contribution in [2.24, 2.45) is 5.73 Å². The summed E-state index contributed by atoms with van der Waals surface area (Å²) >= 11 is 0. The van der Waals surface area contributed by atoms with Gasteiger partial charge in [-0.2, -0.15) is 0 Å². The Kier molecular flexibility index (Phi) is 4.34. The second-order valence-electron chi connectivity index (χ2n) is 6.02. The fourth-order valence-corrected chi connectivity index (χ4v) is 2.92. The minimum absolute atomic E-state index is 0.0367. The van der Waals surface area contributed by atoms with Gasteiger partial charge in [0.05, 0.1) is 12.6 Å². The van der Waals surface area contributed by atoms with Gasteiger partial charge in [0.15, 0.2) is 0 Å². The summed E-state index contributed by atoms with van der Waals surface area (Å²) in [4.78, 5) is 25.9. The lowest BCUT2D eigenvalue weighted by Crippen LogP contribution is -2.45. The molecule has 0 unspecified atom stereocenters. The molecule has 6 heteroatoms. The normalized spacial score (nSPS) is 19.0. The zero-order chi connectivity index (χ0) is 16.4. The first-order chi connectivity index (χ1) is 11.0. The maximum atomic E-state index is 12.2. The van der Waals surface area contributed by atoms with Gasteiger partial charge in [-0.05, 0) is 50.5 Å². The average molecular weight is 315 g/mol. The quantitative estimate of drug-likeness (QED) is 0.907. The van der Waals surface area contributed by atoms with E-state index in [0.29, 0.717) is 18.7 Å². The third-order valence-corrected chi connectivity index (χ3v) is 4.08. The van der Waals surface area contributed by atoms with Crippen LogP contribution in [0.3, 0.4) is 0 Å². The topological polar surface area (TPSA) is 88.6 Å². The molecule has 23 heavy (non-hydrogen) atoms. The molecule has 3 rings (SSSR count). The molecule has 1 aliphatic heterocycles. The van der Waals surface area contributed by atoms with Crippen molar-refractivity contribution in [1.29, 1.82) is 0 Å². The Morgan fingerprint density at radius 3 is 3.04 bits per heavy atom. The summed E-state index contributed by atoms with van der Waals surface area (Å²) in [6.45, 7) is 2.50. The van der Waals surface area contributed by atoms with Crippen LogP contribution in [-0.2, 0) is 9.59 Å². The van der Waals surface area contributed by atoms with E-state index in [1.54, 1.807) is 11.0 Å². The number of nitrogens with zero attached hydrogens (tertiary/aromatic N) is 1. The monoisotopic (exact) mass is 315 g/mol. The lowest BCUT2D eigenvalue weighted by molar-refractivity contribution is -0.135. The van der Waals surface area contributed by atoms with Crippen LogP contribution in [0.15, 0.2) is 28.7 Å². The maximum Gasteiger partial charge on any atom is 0.243 e. The Hall–Kier alpha value is -2.34. The van der Waals surface area contributed by atoms with Crippen molar-refractivity contribution >= 4 is 28.5 Å². The van der Waals surface area contributed by atoms with Crippen LogP contribution in [0.5, 0.6) is 0 Å². The Labute approximate surface area is 134 Å². The first-order valence-electron chi connectivity index (χ1n) is 7.87. The van der Waals surface area contributed by atoms with Gasteiger partial charge in [0, 0.05) is 17.6 Å². The third-order valence-electron chi connectivity index (χ3n) is 4.08. The highest BCUT2D eigenvalue weighted by molar-refractivity contribution is 5.97. The number of amides is 2. The van der Waals surface area contributed by atoms with Crippen LogP contribution in [-0.4, -0.2) is 35.8 Å². The minimum Gasteiger partial charge on any atom is -0.461 e. The van der Waals surface area contributed by atoms with Crippen LogP contribution >= 0.6 is 0 Å². The van der Waals surface area contributed by atoms with Crippen molar-refractivity contribution in [3.63, 3.8) is 0 Å². The molecule has 1 aromatic carbocycles. The van der Waals surface area contributed by atoms with Crippen LogP contribution in [0.2, 0.25) is 0 Å². The van der Waals surface area contributed by atoms with E-state index in [1.807, 2.05) is 25.1 Å². The maximum absolute atomic E-state index is 12.2. The molecule has 1 saturated heterocycles. The fourth-order valence-electron chi connectivity index (χ4n) is 2.92. The predicted octanol–water partition coefficient (Wildman–Crippen LogP) is 2.02. The van der Waals surface area contributed by atoms with Gasteiger partial charge in [-0.3, -0.25) is 9.59 Å². The lowest BCUT2D eigenvalue weighted by atomic mass is 10.1. The number of nitrogens with one attached hydrogen (secondary N) is 1. The number of nitrogens with two attached hydrogens (primary N) is 1. The summed E-state index contributed by atoms with van der Waals surface area (Å²) in [6, 6.07) is 6.90. The number of hydrogen-bond acceptors (Lipinski definition) is 4. The molecular weight excluding hydrogens is 294 g/mol. The van der Waals surface area contributed by atoms with Gasteiger partial charge in [-0.15, -0.1) is 0 Å². The highest BCUT2D eigenvalue weighted by Gasteiger charge is 2.25. The average Bonchev–Trinajstić information content (AvgIpc) is 2.80. The number of rotatable bonds is 3. The predicted molar refractivity (Wildman–Crippen MR) is 88.0 cm³/mol. The van der Waals surface area contributed by atoms with E-state index in [0.717, 1.165) is 29.6 Å². The number of anilines is 1. The summed E-state index contributed by atoms with van der Waals surface area (Å²) in [7, 11) is 0. The van der Waals surface area contributed by atoms with Crippen LogP contribution in [0, 0.1) is 6.92 Å². The number of likely N-dealkylation sites (tertiary alicyclic amines) is 1. The SMILES string of the molecule is Cc1cc2cc(NC(=O)CN3CCCC[C@H](N)C3=O)ccc2o1. The number of carbonyl (C=O) groups excluding carboxylic acids is 2. The van der Waals surface area contributed by atoms with Crippen molar-refractivity contribution in [2.45, 2.75) is 32.2 Å². The molecule has 1 aromatic heterocycles. The van der Waals surface area contributed by atoms with Gasteiger partial charge >= 0.3 is 0 Å². The molecule has 3 N–H and O–H groups in total. The summed E-state index contributed by atoms with van der Waals surface area (Å²) in [6.07, 6.45) is 2.49. The Bertz CT molecular complexity index is 738. The summed E-state index contributed by atoms with van der Waals surface area (Å²) in [5.74, 6) is 0.471. The van der Waals surface area contributed by atoms with E-state index in [4.69, 9.17) is 10.2 Å². The molecule has 0 aliphatic carbocycles. The molecule has 6 nitrogen and oxygen atoms in total. The van der Waals surface area contributed by atoms with Gasteiger partial charge < -0.3 is 20.4 Å². The van der Waals surface area contributed by atoms with Crippen molar-refractivity contribution in [3.8, 4) is 0 Å². The molecule has 1 aliphatic rings. The van der Waals surface area contributed by atoms with Gasteiger partial charge in [0.2, 0.25) is 11.8 Å². The van der Waals surface area contributed by atoms with Crippen LogP contribution in [0.25, 0.3) is 11.0 Å². The van der Waals surface area contributed by atoms with Gasteiger partial charge in [-0.25, -0.2) is 0 Å². The zero-order valence-electron chi connectivity index (χ0n) is 13.2. The van der Waals surface area contributed by atoms with E-state index in [1.165, 1.54) is 0 Å². The van der Waals surface area contributed by atoms with Gasteiger partial charge in [0.25, 0.3) is 0 Å². The molecule has 0 bridgehead atoms. The largest absolute Gasteiger partial charge is 0.461 e. The number of benzene rings is 1. The Morgan fingerprint density at radius 2 is 2.22 bits per heavy atom. The van der Waals surface area contributed by atoms with E-state index >= 15 is 0 Å². The van der Waals surface area contributed by atoms with Crippen molar-refractivity contribution in [2.75, 3.05) is 18.4 Å².